The quantitative estimate of drug-likeness (QED) is 0.791. The molecule has 0 amide bonds. The van der Waals surface area contributed by atoms with E-state index in [2.05, 4.69) is 12.1 Å². The molecule has 0 spiro atoms. The van der Waals surface area contributed by atoms with Gasteiger partial charge in [-0.1, -0.05) is 17.7 Å². The molecule has 1 aromatic heterocycles. The van der Waals surface area contributed by atoms with Crippen LogP contribution >= 0.6 is 22.9 Å². The van der Waals surface area contributed by atoms with Crippen LogP contribution in [0.4, 0.5) is 0 Å². The topological polar surface area (TPSA) is 26.3 Å². The first-order valence-corrected chi connectivity index (χ1v) is 7.45. The molecule has 0 fully saturated rings. The van der Waals surface area contributed by atoms with Gasteiger partial charge in [0.25, 0.3) is 0 Å². The van der Waals surface area contributed by atoms with Gasteiger partial charge in [0.2, 0.25) is 5.78 Å². The number of ketones is 1. The van der Waals surface area contributed by atoms with Crippen molar-refractivity contribution in [3.05, 3.63) is 50.7 Å². The van der Waals surface area contributed by atoms with E-state index in [4.69, 9.17) is 16.3 Å². The first-order valence-electron chi connectivity index (χ1n) is 6.25. The second-order valence-electron chi connectivity index (χ2n) is 4.60. The van der Waals surface area contributed by atoms with Crippen LogP contribution in [0.5, 0.6) is 5.75 Å². The molecule has 0 saturated carbocycles. The molecular weight excluding hydrogens is 280 g/mol. The zero-order chi connectivity index (χ0) is 13.2. The molecule has 0 bridgehead atoms. The fourth-order valence-electron chi connectivity index (χ4n) is 2.32. The maximum Gasteiger partial charge on any atom is 0.210 e. The highest BCUT2D eigenvalue weighted by molar-refractivity contribution is 7.18. The van der Waals surface area contributed by atoms with Crippen LogP contribution in [0.15, 0.2) is 30.3 Å². The molecule has 19 heavy (non-hydrogen) atoms. The van der Waals surface area contributed by atoms with Crippen molar-refractivity contribution in [2.45, 2.75) is 19.3 Å². The van der Waals surface area contributed by atoms with E-state index in [1.807, 2.05) is 6.07 Å². The lowest BCUT2D eigenvalue weighted by molar-refractivity contribution is 0.0925. The third-order valence-electron chi connectivity index (χ3n) is 3.29. The summed E-state index contributed by atoms with van der Waals surface area (Å²) in [4.78, 5) is 12.5. The molecule has 3 rings (SSSR count). The molecule has 0 N–H and O–H groups in total. The van der Waals surface area contributed by atoms with Gasteiger partial charge in [0.1, 0.15) is 5.75 Å². The van der Waals surface area contributed by atoms with E-state index < -0.39 is 0 Å². The maximum absolute atomic E-state index is 11.9. The zero-order valence-electron chi connectivity index (χ0n) is 10.3. The molecule has 2 nitrogen and oxygen atoms in total. The number of aryl methyl sites for hydroxylation is 2. The summed E-state index contributed by atoms with van der Waals surface area (Å²) >= 11 is 7.10. The predicted molar refractivity (Wildman–Crippen MR) is 77.6 cm³/mol. The van der Waals surface area contributed by atoms with E-state index in [0.717, 1.165) is 18.6 Å². The van der Waals surface area contributed by atoms with Crippen LogP contribution < -0.4 is 4.74 Å². The minimum Gasteiger partial charge on any atom is -0.485 e. The van der Waals surface area contributed by atoms with Gasteiger partial charge in [-0.15, -0.1) is 11.3 Å². The van der Waals surface area contributed by atoms with E-state index in [1.54, 1.807) is 12.1 Å². The second-order valence-corrected chi connectivity index (χ2v) is 6.31. The Kier molecular flexibility index (Phi) is 3.58. The van der Waals surface area contributed by atoms with Gasteiger partial charge in [-0.2, -0.15) is 0 Å². The Bertz CT molecular complexity index is 618. The van der Waals surface area contributed by atoms with Gasteiger partial charge in [-0.05, 0) is 54.7 Å². The van der Waals surface area contributed by atoms with E-state index in [-0.39, 0.29) is 12.4 Å². The third kappa shape index (κ3) is 2.82. The summed E-state index contributed by atoms with van der Waals surface area (Å²) in [7, 11) is 0. The van der Waals surface area contributed by atoms with E-state index in [1.165, 1.54) is 28.9 Å². The lowest BCUT2D eigenvalue weighted by atomic mass is 10.1. The summed E-state index contributed by atoms with van der Waals surface area (Å²) < 4.78 is 6.20. The Hall–Kier alpha value is -1.32. The highest BCUT2D eigenvalue weighted by Gasteiger charge is 2.13. The van der Waals surface area contributed by atoms with Crippen LogP contribution in [-0.2, 0) is 12.8 Å². The van der Waals surface area contributed by atoms with Crippen LogP contribution in [-0.4, -0.2) is 12.4 Å². The number of fused-ring (bicyclic) bond motifs is 1. The molecule has 1 aliphatic rings. The molecule has 0 unspecified atom stereocenters. The van der Waals surface area contributed by atoms with Gasteiger partial charge in [-0.3, -0.25) is 4.79 Å². The molecule has 1 aliphatic carbocycles. The fourth-order valence-corrected chi connectivity index (χ4v) is 3.29. The SMILES string of the molecule is O=C(COc1ccc2c(c1)CCC2)c1ccc(Cl)s1. The number of ether oxygens (including phenoxy) is 1. The number of hydrogen-bond acceptors (Lipinski definition) is 3. The molecule has 1 heterocycles. The standard InChI is InChI=1S/C15H13ClO2S/c16-15-7-6-14(19-15)13(17)9-18-12-5-4-10-2-1-3-11(10)8-12/h4-8H,1-3,9H2. The summed E-state index contributed by atoms with van der Waals surface area (Å²) in [5, 5.41) is 0. The van der Waals surface area contributed by atoms with Crippen molar-refractivity contribution in [3.63, 3.8) is 0 Å². The maximum atomic E-state index is 11.9. The number of carbonyl (C=O) groups is 1. The number of thiophene rings is 1. The molecule has 2 aromatic rings. The number of halogens is 1. The van der Waals surface area contributed by atoms with Crippen molar-refractivity contribution in [2.75, 3.05) is 6.61 Å². The average Bonchev–Trinajstić information content (AvgIpc) is 3.03. The number of rotatable bonds is 4. The molecule has 4 heteroatoms. The first-order chi connectivity index (χ1) is 9.22. The van der Waals surface area contributed by atoms with Gasteiger partial charge in [0.15, 0.2) is 6.61 Å². The lowest BCUT2D eigenvalue weighted by Gasteiger charge is -2.06. The monoisotopic (exact) mass is 292 g/mol. The van der Waals surface area contributed by atoms with Crippen molar-refractivity contribution < 1.29 is 9.53 Å². The van der Waals surface area contributed by atoms with E-state index in [0.29, 0.717) is 9.21 Å². The van der Waals surface area contributed by atoms with E-state index in [9.17, 15) is 4.79 Å². The fraction of sp³-hybridized carbons (Fsp3) is 0.267. The first kappa shape index (κ1) is 12.7. The number of benzene rings is 1. The molecular formula is C15H13ClO2S. The third-order valence-corrected chi connectivity index (χ3v) is 4.56. The van der Waals surface area contributed by atoms with Crippen LogP contribution in [0.25, 0.3) is 0 Å². The Morgan fingerprint density at radius 1 is 1.21 bits per heavy atom. The van der Waals surface area contributed by atoms with Gasteiger partial charge >= 0.3 is 0 Å². The Balaban J connectivity index is 1.64. The molecule has 98 valence electrons. The van der Waals surface area contributed by atoms with Crippen LogP contribution in [0.3, 0.4) is 0 Å². The number of hydrogen-bond donors (Lipinski definition) is 0. The number of Topliss-reactive ketones (excluding diaryl/α,β-unsaturated/α-hetero) is 1. The minimum absolute atomic E-state index is 0.0302. The highest BCUT2D eigenvalue weighted by Crippen LogP contribution is 2.26. The zero-order valence-corrected chi connectivity index (χ0v) is 11.9. The van der Waals surface area contributed by atoms with Crippen LogP contribution in [0, 0.1) is 0 Å². The van der Waals surface area contributed by atoms with Crippen molar-refractivity contribution in [1.29, 1.82) is 0 Å². The highest BCUT2D eigenvalue weighted by atomic mass is 35.5. The Morgan fingerprint density at radius 2 is 2.05 bits per heavy atom. The van der Waals surface area contributed by atoms with Gasteiger partial charge < -0.3 is 4.74 Å². The van der Waals surface area contributed by atoms with Crippen molar-refractivity contribution in [3.8, 4) is 5.75 Å². The van der Waals surface area contributed by atoms with Gasteiger partial charge in [-0.25, -0.2) is 0 Å². The predicted octanol–water partition coefficient (Wildman–Crippen LogP) is 4.15. The minimum atomic E-state index is -0.0302. The summed E-state index contributed by atoms with van der Waals surface area (Å²) in [6, 6.07) is 9.57. The summed E-state index contributed by atoms with van der Waals surface area (Å²) in [6.45, 7) is 0.0651. The average molecular weight is 293 g/mol. The molecule has 0 radical (unpaired) electrons. The molecule has 0 atom stereocenters. The van der Waals surface area contributed by atoms with Crippen molar-refractivity contribution in [1.82, 2.24) is 0 Å². The van der Waals surface area contributed by atoms with E-state index >= 15 is 0 Å². The molecule has 0 aliphatic heterocycles. The van der Waals surface area contributed by atoms with Crippen LogP contribution in [0.2, 0.25) is 4.34 Å². The summed E-state index contributed by atoms with van der Waals surface area (Å²) in [5.41, 5.74) is 2.76. The normalized spacial score (nSPS) is 13.3. The van der Waals surface area contributed by atoms with Gasteiger partial charge in [0.05, 0.1) is 9.21 Å². The largest absolute Gasteiger partial charge is 0.485 e. The van der Waals surface area contributed by atoms with Crippen molar-refractivity contribution >= 4 is 28.7 Å². The molecule has 1 aromatic carbocycles. The Morgan fingerprint density at radius 3 is 2.84 bits per heavy atom. The summed E-state index contributed by atoms with van der Waals surface area (Å²) in [5.74, 6) is 0.744. The van der Waals surface area contributed by atoms with Gasteiger partial charge in [0, 0.05) is 0 Å². The van der Waals surface area contributed by atoms with Crippen LogP contribution in [0.1, 0.15) is 27.2 Å². The lowest BCUT2D eigenvalue weighted by Crippen LogP contribution is -2.10. The second kappa shape index (κ2) is 5.35. The number of carbonyl (C=O) groups excluding carboxylic acids is 1. The Labute approximate surface area is 121 Å². The van der Waals surface area contributed by atoms with Crippen molar-refractivity contribution in [2.24, 2.45) is 0 Å². The summed E-state index contributed by atoms with van der Waals surface area (Å²) in [6.07, 6.45) is 3.48. The smallest absolute Gasteiger partial charge is 0.210 e. The molecule has 0 saturated heterocycles.